The molecule has 2 aliphatic rings. The number of nitrogens with two attached hydrogens (primary N) is 1. The van der Waals surface area contributed by atoms with E-state index in [0.29, 0.717) is 30.8 Å². The summed E-state index contributed by atoms with van der Waals surface area (Å²) in [5.41, 5.74) is 5.94. The quantitative estimate of drug-likeness (QED) is 0.310. The van der Waals surface area contributed by atoms with Gasteiger partial charge in [0.1, 0.15) is 4.75 Å². The third kappa shape index (κ3) is 3.19. The number of fused-ring (bicyclic) bond motifs is 1. The fourth-order valence-corrected chi connectivity index (χ4v) is 5.65. The molecule has 156 valence electrons. The molecule has 2 aliphatic heterocycles. The van der Waals surface area contributed by atoms with Gasteiger partial charge in [0.2, 0.25) is 0 Å². The average molecular weight is 422 g/mol. The average Bonchev–Trinajstić information content (AvgIpc) is 2.80. The molecular weight excluding hydrogens is 400 g/mol. The summed E-state index contributed by atoms with van der Waals surface area (Å²) in [4.78, 5) is 41.0. The molecule has 11 heteroatoms. The number of carbonyl (C=O) groups excluding carboxylic acids is 2. The SMILES string of the molecule is CC1(C)[C@H](C(=O)O)N2C(=O)/C(=C/c3ccc(C(=O)NCCCN)cn3)C2S1(=O)=O. The van der Waals surface area contributed by atoms with Crippen LogP contribution in [-0.4, -0.2) is 70.4 Å². The van der Waals surface area contributed by atoms with E-state index in [1.165, 1.54) is 38.3 Å². The van der Waals surface area contributed by atoms with Gasteiger partial charge in [-0.3, -0.25) is 14.6 Å². The maximum Gasteiger partial charge on any atom is 0.328 e. The molecule has 2 fully saturated rings. The van der Waals surface area contributed by atoms with E-state index in [1.54, 1.807) is 0 Å². The number of carbonyl (C=O) groups is 3. The van der Waals surface area contributed by atoms with Gasteiger partial charge in [0.05, 0.1) is 16.8 Å². The number of β-lactam (4-membered cyclic amide) rings is 1. The van der Waals surface area contributed by atoms with Crippen LogP contribution in [-0.2, 0) is 19.4 Å². The number of hydrogen-bond acceptors (Lipinski definition) is 7. The number of aliphatic carboxylic acids is 1. The molecule has 2 saturated heterocycles. The van der Waals surface area contributed by atoms with Crippen molar-refractivity contribution < 1.29 is 27.9 Å². The lowest BCUT2D eigenvalue weighted by Gasteiger charge is -2.37. The molecule has 0 aliphatic carbocycles. The molecule has 3 heterocycles. The van der Waals surface area contributed by atoms with Gasteiger partial charge < -0.3 is 21.1 Å². The number of amides is 2. The van der Waals surface area contributed by atoms with Crippen molar-refractivity contribution in [3.05, 3.63) is 35.2 Å². The highest BCUT2D eigenvalue weighted by atomic mass is 32.2. The summed E-state index contributed by atoms with van der Waals surface area (Å²) >= 11 is 0. The topological polar surface area (TPSA) is 160 Å². The molecule has 1 aromatic rings. The summed E-state index contributed by atoms with van der Waals surface area (Å²) in [6.45, 7) is 3.51. The molecule has 4 N–H and O–H groups in total. The second kappa shape index (κ2) is 7.23. The largest absolute Gasteiger partial charge is 0.480 e. The predicted octanol–water partition coefficient (Wildman–Crippen LogP) is -0.628. The maximum absolute atomic E-state index is 12.8. The Balaban J connectivity index is 1.85. The Bertz CT molecular complexity index is 1000. The summed E-state index contributed by atoms with van der Waals surface area (Å²) in [6.07, 6.45) is 3.28. The van der Waals surface area contributed by atoms with E-state index in [9.17, 15) is 27.9 Å². The smallest absolute Gasteiger partial charge is 0.328 e. The standard InChI is InChI=1S/C18H22N4O6S/c1-18(2)13(17(25)26)22-15(24)12(16(22)29(18,27)28)8-11-5-4-10(9-21-11)14(23)20-7-3-6-19/h4-5,8-9,13,16H,3,6-7,19H2,1-2H3,(H,20,23)(H,25,26)/b12-8-/t13-,16?/m0/s1. The fourth-order valence-electron chi connectivity index (χ4n) is 3.53. The Morgan fingerprint density at radius 2 is 2.07 bits per heavy atom. The zero-order valence-corrected chi connectivity index (χ0v) is 16.8. The first-order chi connectivity index (χ1) is 13.5. The van der Waals surface area contributed by atoms with Gasteiger partial charge in [0.25, 0.3) is 11.8 Å². The first-order valence-electron chi connectivity index (χ1n) is 8.99. The second-order valence-corrected chi connectivity index (χ2v) is 10.0. The van der Waals surface area contributed by atoms with Crippen LogP contribution in [0, 0.1) is 0 Å². The number of aromatic nitrogens is 1. The van der Waals surface area contributed by atoms with E-state index in [2.05, 4.69) is 10.3 Å². The summed E-state index contributed by atoms with van der Waals surface area (Å²) < 4.78 is 24.0. The van der Waals surface area contributed by atoms with Crippen molar-refractivity contribution in [1.29, 1.82) is 0 Å². The Morgan fingerprint density at radius 1 is 1.38 bits per heavy atom. The summed E-state index contributed by atoms with van der Waals surface area (Å²) in [7, 11) is -3.94. The number of carboxylic acid groups (broad SMARTS) is 1. The Labute approximate surface area is 167 Å². The fraction of sp³-hybridized carbons (Fsp3) is 0.444. The van der Waals surface area contributed by atoms with Gasteiger partial charge >= 0.3 is 5.97 Å². The third-order valence-electron chi connectivity index (χ3n) is 5.22. The molecule has 0 bridgehead atoms. The molecule has 10 nitrogen and oxygen atoms in total. The minimum Gasteiger partial charge on any atom is -0.480 e. The highest BCUT2D eigenvalue weighted by Gasteiger charge is 2.70. The number of nitrogens with one attached hydrogen (secondary N) is 1. The van der Waals surface area contributed by atoms with E-state index in [1.807, 2.05) is 0 Å². The highest BCUT2D eigenvalue weighted by Crippen LogP contribution is 2.48. The Hall–Kier alpha value is -2.79. The van der Waals surface area contributed by atoms with E-state index >= 15 is 0 Å². The van der Waals surface area contributed by atoms with Gasteiger partial charge in [-0.05, 0) is 45.0 Å². The van der Waals surface area contributed by atoms with Crippen LogP contribution >= 0.6 is 0 Å². The summed E-state index contributed by atoms with van der Waals surface area (Å²) in [5.74, 6) is -2.33. The van der Waals surface area contributed by atoms with Gasteiger partial charge in [0.15, 0.2) is 21.3 Å². The molecule has 2 amide bonds. The van der Waals surface area contributed by atoms with Crippen molar-refractivity contribution >= 4 is 33.7 Å². The zero-order valence-electron chi connectivity index (χ0n) is 16.0. The third-order valence-corrected chi connectivity index (χ3v) is 7.98. The van der Waals surface area contributed by atoms with Crippen LogP contribution in [0.15, 0.2) is 23.9 Å². The monoisotopic (exact) mass is 422 g/mol. The molecule has 0 radical (unpaired) electrons. The normalized spacial score (nSPS) is 25.4. The van der Waals surface area contributed by atoms with Gasteiger partial charge in [-0.1, -0.05) is 0 Å². The van der Waals surface area contributed by atoms with Crippen LogP contribution < -0.4 is 11.1 Å². The van der Waals surface area contributed by atoms with Crippen LogP contribution in [0.25, 0.3) is 6.08 Å². The van der Waals surface area contributed by atoms with Crippen LogP contribution in [0.1, 0.15) is 36.3 Å². The first-order valence-corrected chi connectivity index (χ1v) is 10.5. The van der Waals surface area contributed by atoms with Gasteiger partial charge in [0, 0.05) is 12.7 Å². The molecule has 0 spiro atoms. The molecule has 0 saturated carbocycles. The predicted molar refractivity (Wildman–Crippen MR) is 103 cm³/mol. The van der Waals surface area contributed by atoms with Crippen molar-refractivity contribution in [3.63, 3.8) is 0 Å². The van der Waals surface area contributed by atoms with Gasteiger partial charge in [-0.15, -0.1) is 0 Å². The minimum absolute atomic E-state index is 0.0329. The lowest BCUT2D eigenvalue weighted by atomic mass is 9.95. The second-order valence-electron chi connectivity index (χ2n) is 7.42. The molecule has 2 atom stereocenters. The van der Waals surface area contributed by atoms with E-state index in [-0.39, 0.29) is 11.5 Å². The van der Waals surface area contributed by atoms with Crippen LogP contribution in [0.4, 0.5) is 0 Å². The molecule has 3 rings (SSSR count). The number of hydrogen-bond donors (Lipinski definition) is 3. The molecule has 29 heavy (non-hydrogen) atoms. The van der Waals surface area contributed by atoms with Crippen LogP contribution in [0.5, 0.6) is 0 Å². The number of rotatable bonds is 6. The van der Waals surface area contributed by atoms with Gasteiger partial charge in [-0.25, -0.2) is 13.2 Å². The van der Waals surface area contributed by atoms with Crippen molar-refractivity contribution in [2.75, 3.05) is 13.1 Å². The lowest BCUT2D eigenvalue weighted by Crippen LogP contribution is -2.58. The summed E-state index contributed by atoms with van der Waals surface area (Å²) in [5, 5.41) is 10.8. The molecule has 0 aromatic carbocycles. The van der Waals surface area contributed by atoms with Crippen LogP contribution in [0.3, 0.4) is 0 Å². The van der Waals surface area contributed by atoms with Crippen LogP contribution in [0.2, 0.25) is 0 Å². The molecule has 1 aromatic heterocycles. The van der Waals surface area contributed by atoms with Crippen molar-refractivity contribution in [2.45, 2.75) is 36.4 Å². The van der Waals surface area contributed by atoms with E-state index < -0.39 is 37.9 Å². The minimum atomic E-state index is -3.94. The molecule has 1 unspecified atom stereocenters. The van der Waals surface area contributed by atoms with Crippen molar-refractivity contribution in [1.82, 2.24) is 15.2 Å². The van der Waals surface area contributed by atoms with Crippen molar-refractivity contribution in [3.8, 4) is 0 Å². The molecular formula is C18H22N4O6S. The first kappa shape index (κ1) is 20.9. The van der Waals surface area contributed by atoms with E-state index in [0.717, 1.165) is 4.90 Å². The summed E-state index contributed by atoms with van der Waals surface area (Å²) in [6, 6.07) is 1.54. The number of nitrogens with zero attached hydrogens (tertiary/aromatic N) is 2. The van der Waals surface area contributed by atoms with Crippen molar-refractivity contribution in [2.24, 2.45) is 5.73 Å². The maximum atomic E-state index is 12.8. The number of carboxylic acids is 1. The Kier molecular flexibility index (Phi) is 5.22. The lowest BCUT2D eigenvalue weighted by molar-refractivity contribution is -0.152. The zero-order chi connectivity index (χ0) is 21.6. The number of sulfone groups is 1. The number of pyridine rings is 1. The van der Waals surface area contributed by atoms with E-state index in [4.69, 9.17) is 5.73 Å². The highest BCUT2D eigenvalue weighted by molar-refractivity contribution is 7.94. The van der Waals surface area contributed by atoms with Gasteiger partial charge in [-0.2, -0.15) is 0 Å². The Morgan fingerprint density at radius 3 is 2.62 bits per heavy atom.